The molecule has 0 amide bonds. The SMILES string of the molecule is CI.COc1cc(-c2ccccc2Cl)ccc1N1CC[C@@H](Oc2ccc(C)cn2)C1.Cc1ccc(O[C@@H]2CCN(c3ccc(-c4ccccc4Cl)cc3O)C2)nc1.[H-].[Na+]. The molecule has 2 fully saturated rings. The summed E-state index contributed by atoms with van der Waals surface area (Å²) in [4.78, 5) is 15.1. The van der Waals surface area contributed by atoms with Crippen LogP contribution >= 0.6 is 45.8 Å². The van der Waals surface area contributed by atoms with Gasteiger partial charge in [-0.3, -0.25) is 0 Å². The number of benzene rings is 4. The van der Waals surface area contributed by atoms with Crippen molar-refractivity contribution in [3.8, 4) is 45.5 Å². The molecule has 0 saturated carbocycles. The van der Waals surface area contributed by atoms with E-state index in [2.05, 4.69) is 54.5 Å². The fourth-order valence-corrected chi connectivity index (χ4v) is 7.42. The molecule has 2 aliphatic rings. The van der Waals surface area contributed by atoms with Crippen LogP contribution in [0.3, 0.4) is 0 Å². The third kappa shape index (κ3) is 11.7. The van der Waals surface area contributed by atoms with E-state index >= 15 is 0 Å². The molecular weight excluding hydrogens is 893 g/mol. The van der Waals surface area contributed by atoms with Crippen molar-refractivity contribution in [1.29, 1.82) is 0 Å². The molecule has 2 atom stereocenters. The van der Waals surface area contributed by atoms with Crippen LogP contribution in [0.15, 0.2) is 122 Å². The molecule has 0 aliphatic carbocycles. The van der Waals surface area contributed by atoms with Crippen LogP contribution in [-0.2, 0) is 0 Å². The molecule has 0 unspecified atom stereocenters. The molecule has 1 N–H and O–H groups in total. The summed E-state index contributed by atoms with van der Waals surface area (Å²) in [7, 11) is 1.70. The fraction of sp³-hybridized carbons (Fsp3) is 0.261. The van der Waals surface area contributed by atoms with Gasteiger partial charge in [0, 0.05) is 71.6 Å². The van der Waals surface area contributed by atoms with Crippen LogP contribution in [0.2, 0.25) is 10.0 Å². The summed E-state index contributed by atoms with van der Waals surface area (Å²) in [5.74, 6) is 2.41. The van der Waals surface area contributed by atoms with Crippen LogP contribution in [0.1, 0.15) is 25.4 Å². The molecule has 8 nitrogen and oxygen atoms in total. The number of aryl methyl sites for hydroxylation is 2. The van der Waals surface area contributed by atoms with Gasteiger partial charge in [-0.05, 0) is 77.4 Å². The maximum atomic E-state index is 10.6. The van der Waals surface area contributed by atoms with Crippen molar-refractivity contribution in [2.45, 2.75) is 38.9 Å². The molecule has 298 valence electrons. The van der Waals surface area contributed by atoms with Gasteiger partial charge in [-0.1, -0.05) is 106 Å². The zero-order valence-corrected chi connectivity index (χ0v) is 39.2. The van der Waals surface area contributed by atoms with Crippen LogP contribution in [0.5, 0.6) is 23.3 Å². The van der Waals surface area contributed by atoms with Crippen LogP contribution in [0, 0.1) is 13.8 Å². The Bertz CT molecular complexity index is 2240. The first-order valence-electron chi connectivity index (χ1n) is 18.8. The van der Waals surface area contributed by atoms with Gasteiger partial charge in [0.15, 0.2) is 0 Å². The molecule has 0 radical (unpaired) electrons. The molecule has 4 heterocycles. The second kappa shape index (κ2) is 22.1. The minimum atomic E-state index is 0. The van der Waals surface area contributed by atoms with Crippen molar-refractivity contribution in [2.75, 3.05) is 48.0 Å². The van der Waals surface area contributed by atoms with Crippen molar-refractivity contribution in [3.63, 3.8) is 0 Å². The Kier molecular flexibility index (Phi) is 17.3. The molecule has 0 spiro atoms. The van der Waals surface area contributed by atoms with Crippen molar-refractivity contribution in [2.24, 2.45) is 0 Å². The molecule has 4 aromatic carbocycles. The van der Waals surface area contributed by atoms with Gasteiger partial charge < -0.3 is 30.5 Å². The average molecular weight is 942 g/mol. The van der Waals surface area contributed by atoms with Crippen molar-refractivity contribution >= 4 is 57.2 Å². The van der Waals surface area contributed by atoms with E-state index in [1.54, 1.807) is 19.4 Å². The number of ether oxygens (including phenoxy) is 3. The van der Waals surface area contributed by atoms with Gasteiger partial charge in [0.25, 0.3) is 0 Å². The number of hydrogen-bond acceptors (Lipinski definition) is 8. The topological polar surface area (TPSA) is 80.2 Å². The van der Waals surface area contributed by atoms with Crippen molar-refractivity contribution < 1.29 is 50.3 Å². The van der Waals surface area contributed by atoms with Crippen molar-refractivity contribution in [1.82, 2.24) is 9.97 Å². The third-order valence-electron chi connectivity index (χ3n) is 9.84. The van der Waals surface area contributed by atoms with Gasteiger partial charge in [0.05, 0.1) is 31.6 Å². The molecule has 2 aliphatic heterocycles. The Morgan fingerprint density at radius 2 is 1.12 bits per heavy atom. The van der Waals surface area contributed by atoms with Gasteiger partial charge in [-0.25, -0.2) is 9.97 Å². The number of anilines is 2. The van der Waals surface area contributed by atoms with Crippen LogP contribution in [0.4, 0.5) is 11.4 Å². The number of rotatable bonds is 9. The van der Waals surface area contributed by atoms with E-state index in [-0.39, 0.29) is 48.9 Å². The molecule has 12 heteroatoms. The largest absolute Gasteiger partial charge is 1.00 e. The van der Waals surface area contributed by atoms with Crippen molar-refractivity contribution in [3.05, 3.63) is 143 Å². The monoisotopic (exact) mass is 940 g/mol. The number of nitrogens with zero attached hydrogens (tertiary/aromatic N) is 4. The summed E-state index contributed by atoms with van der Waals surface area (Å²) in [6, 6.07) is 35.3. The van der Waals surface area contributed by atoms with Gasteiger partial charge in [-0.2, -0.15) is 0 Å². The Morgan fingerprint density at radius 3 is 1.57 bits per heavy atom. The summed E-state index contributed by atoms with van der Waals surface area (Å²) in [5, 5.41) is 12.0. The first kappa shape index (κ1) is 45.4. The Balaban J connectivity index is 0.000000242. The summed E-state index contributed by atoms with van der Waals surface area (Å²) >= 11 is 14.8. The molecular formula is C46H48Cl2IN4NaO4. The molecule has 8 rings (SSSR count). The Morgan fingerprint density at radius 1 is 0.655 bits per heavy atom. The fourth-order valence-electron chi connectivity index (χ4n) is 6.93. The van der Waals surface area contributed by atoms with Crippen LogP contribution in [-0.4, -0.2) is 65.5 Å². The van der Waals surface area contributed by atoms with E-state index in [1.165, 1.54) is 0 Å². The van der Waals surface area contributed by atoms with Crippen LogP contribution in [0.25, 0.3) is 22.3 Å². The minimum absolute atomic E-state index is 0. The normalized spacial score (nSPS) is 15.6. The van der Waals surface area contributed by atoms with E-state index in [9.17, 15) is 5.11 Å². The van der Waals surface area contributed by atoms with E-state index in [1.807, 2.05) is 116 Å². The van der Waals surface area contributed by atoms with E-state index in [0.29, 0.717) is 23.3 Å². The number of halogens is 3. The van der Waals surface area contributed by atoms with E-state index in [4.69, 9.17) is 37.4 Å². The number of phenolic OH excluding ortho intramolecular Hbond substituents is 1. The summed E-state index contributed by atoms with van der Waals surface area (Å²) in [5.41, 5.74) is 7.98. The van der Waals surface area contributed by atoms with Crippen LogP contribution < -0.4 is 53.6 Å². The molecule has 2 saturated heterocycles. The average Bonchev–Trinajstić information content (AvgIpc) is 3.90. The smallest absolute Gasteiger partial charge is 1.00 e. The predicted molar refractivity (Wildman–Crippen MR) is 243 cm³/mol. The zero-order chi connectivity index (χ0) is 40.3. The van der Waals surface area contributed by atoms with Gasteiger partial charge >= 0.3 is 29.6 Å². The first-order valence-corrected chi connectivity index (χ1v) is 21.7. The number of phenols is 1. The number of alkyl halides is 1. The van der Waals surface area contributed by atoms with Gasteiger partial charge in [-0.15, -0.1) is 0 Å². The van der Waals surface area contributed by atoms with E-state index in [0.717, 1.165) is 88.0 Å². The second-order valence-electron chi connectivity index (χ2n) is 13.8. The number of aromatic nitrogens is 2. The minimum Gasteiger partial charge on any atom is -1.00 e. The summed E-state index contributed by atoms with van der Waals surface area (Å²) in [6.07, 6.45) is 5.65. The number of aromatic hydroxyl groups is 1. The Labute approximate surface area is 389 Å². The Hall–Kier alpha value is -3.71. The second-order valence-corrected chi connectivity index (χ2v) is 14.7. The van der Waals surface area contributed by atoms with E-state index < -0.39 is 0 Å². The number of pyridine rings is 2. The zero-order valence-electron chi connectivity index (χ0n) is 34.5. The predicted octanol–water partition coefficient (Wildman–Crippen LogP) is 8.62. The first-order chi connectivity index (χ1) is 27.7. The molecule has 2 aromatic heterocycles. The maximum absolute atomic E-state index is 10.6. The number of hydrogen-bond donors (Lipinski definition) is 1. The molecule has 0 bridgehead atoms. The summed E-state index contributed by atoms with van der Waals surface area (Å²) < 4.78 is 17.7. The number of methoxy groups -OCH3 is 1. The third-order valence-corrected chi connectivity index (χ3v) is 10.5. The van der Waals surface area contributed by atoms with Gasteiger partial charge in [0.1, 0.15) is 23.7 Å². The molecule has 58 heavy (non-hydrogen) atoms. The maximum Gasteiger partial charge on any atom is 1.00 e. The van der Waals surface area contributed by atoms with Gasteiger partial charge in [0.2, 0.25) is 11.8 Å². The molecule has 6 aromatic rings. The summed E-state index contributed by atoms with van der Waals surface area (Å²) in [6.45, 7) is 7.29. The quantitative estimate of drug-likeness (QED) is 0.0878. The standard InChI is InChI=1S/C23H23ClN2O2.C22H21ClN2O2.CH3I.Na.H/c1-16-7-10-23(25-14-16)28-18-11-12-26(15-18)21-9-8-17(13-22(21)27-2)19-5-3-4-6-20(19)24;1-15-6-9-22(24-13-15)27-17-10-11-25(14-17)20-8-7-16(12-21(20)26)18-4-2-3-5-19(18)23;1-2;;/h3-10,13-14,18H,11-12,15H2,1-2H3;2-9,12-13,17,26H,10-11,14H2,1H3;1H3;;/q;;;+1;-1/t18-;17-;;;/m11.../s1.